The molecule has 1 aliphatic heterocycles. The maximum atomic E-state index is 12.3. The number of nitrogens with one attached hydrogen (secondary N) is 1. The SMILES string of the molecule is CC=C1CC2CCC3c4c(cccc4OC)NC3[C@@H]2C[C@@H]1[C@H](CO)C(=O)OC. The molecule has 0 spiro atoms. The molecular formula is C23H31NO4. The summed E-state index contributed by atoms with van der Waals surface area (Å²) < 4.78 is 10.7. The number of anilines is 1. The Bertz CT molecular complexity index is 774. The molecule has 2 N–H and O–H groups in total. The zero-order valence-corrected chi connectivity index (χ0v) is 17.0. The third-order valence-electron chi connectivity index (χ3n) is 7.39. The van der Waals surface area contributed by atoms with Crippen molar-refractivity contribution in [3.63, 3.8) is 0 Å². The first kappa shape index (κ1) is 19.3. The molecule has 0 amide bonds. The van der Waals surface area contributed by atoms with Crippen molar-refractivity contribution in [3.05, 3.63) is 35.4 Å². The second kappa shape index (κ2) is 7.78. The van der Waals surface area contributed by atoms with E-state index in [4.69, 9.17) is 9.47 Å². The lowest BCUT2D eigenvalue weighted by atomic mass is 9.59. The molecule has 5 nitrogen and oxygen atoms in total. The molecule has 2 aliphatic carbocycles. The molecule has 152 valence electrons. The third kappa shape index (κ3) is 3.00. The van der Waals surface area contributed by atoms with Crippen LogP contribution in [-0.2, 0) is 9.53 Å². The van der Waals surface area contributed by atoms with Gasteiger partial charge in [0.25, 0.3) is 0 Å². The molecule has 28 heavy (non-hydrogen) atoms. The number of aliphatic hydroxyl groups is 1. The van der Waals surface area contributed by atoms with Crippen molar-refractivity contribution in [3.8, 4) is 5.75 Å². The van der Waals surface area contributed by atoms with E-state index >= 15 is 0 Å². The molecular weight excluding hydrogens is 354 g/mol. The van der Waals surface area contributed by atoms with Crippen LogP contribution in [-0.4, -0.2) is 37.9 Å². The summed E-state index contributed by atoms with van der Waals surface area (Å²) in [6.45, 7) is 1.89. The van der Waals surface area contributed by atoms with Crippen LogP contribution in [0.3, 0.4) is 0 Å². The summed E-state index contributed by atoms with van der Waals surface area (Å²) in [7, 11) is 3.15. The van der Waals surface area contributed by atoms with Crippen LogP contribution in [0.2, 0.25) is 0 Å². The van der Waals surface area contributed by atoms with Gasteiger partial charge in [-0.1, -0.05) is 17.7 Å². The number of hydrogen-bond donors (Lipinski definition) is 2. The van der Waals surface area contributed by atoms with Gasteiger partial charge in [-0.3, -0.25) is 4.79 Å². The second-order valence-corrected chi connectivity index (χ2v) is 8.42. The summed E-state index contributed by atoms with van der Waals surface area (Å²) in [6.07, 6.45) is 6.43. The number of benzene rings is 1. The Morgan fingerprint density at radius 2 is 2.18 bits per heavy atom. The van der Waals surface area contributed by atoms with E-state index in [9.17, 15) is 9.90 Å². The number of carbonyl (C=O) groups excluding carboxylic acids is 1. The lowest BCUT2D eigenvalue weighted by molar-refractivity contribution is -0.149. The molecule has 1 aromatic carbocycles. The van der Waals surface area contributed by atoms with Crippen LogP contribution in [0.4, 0.5) is 5.69 Å². The maximum Gasteiger partial charge on any atom is 0.311 e. The second-order valence-electron chi connectivity index (χ2n) is 8.42. The molecule has 3 aliphatic rings. The Balaban J connectivity index is 1.64. The minimum Gasteiger partial charge on any atom is -0.496 e. The number of fused-ring (bicyclic) bond motifs is 5. The molecule has 2 saturated carbocycles. The highest BCUT2D eigenvalue weighted by Crippen LogP contribution is 2.56. The predicted molar refractivity (Wildman–Crippen MR) is 108 cm³/mol. The smallest absolute Gasteiger partial charge is 0.311 e. The van der Waals surface area contributed by atoms with Gasteiger partial charge in [0, 0.05) is 23.2 Å². The minimum absolute atomic E-state index is 0.0508. The molecule has 1 aromatic rings. The van der Waals surface area contributed by atoms with E-state index in [2.05, 4.69) is 30.4 Å². The third-order valence-corrected chi connectivity index (χ3v) is 7.39. The summed E-state index contributed by atoms with van der Waals surface area (Å²) in [5, 5.41) is 13.7. The van der Waals surface area contributed by atoms with Crippen LogP contribution >= 0.6 is 0 Å². The van der Waals surface area contributed by atoms with Gasteiger partial charge in [-0.05, 0) is 62.5 Å². The van der Waals surface area contributed by atoms with Crippen molar-refractivity contribution < 1.29 is 19.4 Å². The van der Waals surface area contributed by atoms with Crippen LogP contribution in [0.15, 0.2) is 29.8 Å². The first-order valence-electron chi connectivity index (χ1n) is 10.4. The van der Waals surface area contributed by atoms with Crippen molar-refractivity contribution in [1.82, 2.24) is 0 Å². The van der Waals surface area contributed by atoms with Crippen molar-refractivity contribution in [2.24, 2.45) is 23.7 Å². The van der Waals surface area contributed by atoms with Gasteiger partial charge < -0.3 is 19.9 Å². The van der Waals surface area contributed by atoms with E-state index in [1.54, 1.807) is 7.11 Å². The number of hydrogen-bond acceptors (Lipinski definition) is 5. The quantitative estimate of drug-likeness (QED) is 0.610. The van der Waals surface area contributed by atoms with Crippen molar-refractivity contribution in [2.75, 3.05) is 26.1 Å². The van der Waals surface area contributed by atoms with E-state index in [1.165, 1.54) is 30.4 Å². The normalized spacial score (nSPS) is 33.3. The van der Waals surface area contributed by atoms with Crippen LogP contribution in [0.25, 0.3) is 0 Å². The topological polar surface area (TPSA) is 67.8 Å². The van der Waals surface area contributed by atoms with Crippen LogP contribution in [0.1, 0.15) is 44.1 Å². The van der Waals surface area contributed by atoms with Crippen molar-refractivity contribution in [1.29, 1.82) is 0 Å². The average molecular weight is 386 g/mol. The number of allylic oxidation sites excluding steroid dienone is 2. The lowest BCUT2D eigenvalue weighted by Gasteiger charge is -2.47. The van der Waals surface area contributed by atoms with Gasteiger partial charge in [0.05, 0.1) is 26.7 Å². The van der Waals surface area contributed by atoms with Crippen molar-refractivity contribution in [2.45, 2.75) is 44.6 Å². The van der Waals surface area contributed by atoms with E-state index in [0.29, 0.717) is 23.8 Å². The highest BCUT2D eigenvalue weighted by atomic mass is 16.5. The van der Waals surface area contributed by atoms with Gasteiger partial charge in [-0.2, -0.15) is 0 Å². The van der Waals surface area contributed by atoms with Gasteiger partial charge >= 0.3 is 5.97 Å². The van der Waals surface area contributed by atoms with Crippen LogP contribution in [0.5, 0.6) is 5.75 Å². The van der Waals surface area contributed by atoms with Crippen LogP contribution < -0.4 is 10.1 Å². The van der Waals surface area contributed by atoms with E-state index in [1.807, 2.05) is 6.07 Å². The number of carbonyl (C=O) groups is 1. The largest absolute Gasteiger partial charge is 0.496 e. The average Bonchev–Trinajstić information content (AvgIpc) is 3.12. The van der Waals surface area contributed by atoms with E-state index < -0.39 is 5.92 Å². The Morgan fingerprint density at radius 1 is 1.36 bits per heavy atom. The molecule has 5 heteroatoms. The fourth-order valence-corrected chi connectivity index (χ4v) is 6.08. The Labute approximate surface area is 167 Å². The van der Waals surface area contributed by atoms with Gasteiger partial charge in [0.2, 0.25) is 0 Å². The molecule has 2 fully saturated rings. The van der Waals surface area contributed by atoms with Crippen molar-refractivity contribution >= 4 is 11.7 Å². The number of ether oxygens (including phenoxy) is 2. The number of aliphatic hydroxyl groups excluding tert-OH is 1. The molecule has 0 saturated heterocycles. The summed E-state index contributed by atoms with van der Waals surface area (Å²) in [6, 6.07) is 6.60. The van der Waals surface area contributed by atoms with Crippen LogP contribution in [0, 0.1) is 23.7 Å². The van der Waals surface area contributed by atoms with Gasteiger partial charge in [0.15, 0.2) is 0 Å². The summed E-state index contributed by atoms with van der Waals surface area (Å²) in [5.74, 6) is 1.79. The predicted octanol–water partition coefficient (Wildman–Crippen LogP) is 3.74. The molecule has 4 rings (SSSR count). The molecule has 6 atom stereocenters. The zero-order chi connectivity index (χ0) is 19.8. The summed E-state index contributed by atoms with van der Waals surface area (Å²) >= 11 is 0. The standard InChI is InChI=1S/C23H31NO4/c1-4-13-10-14-8-9-15-21-19(6-5-7-20(21)27-2)24-22(15)17(14)11-16(13)18(12-25)23(26)28-3/h4-7,14-18,22,24-25H,8-12H2,1-3H3/t14?,15?,16-,17+,18-,22?/m0/s1. The molecule has 3 unspecified atom stereocenters. The number of esters is 1. The Hall–Kier alpha value is -2.01. The lowest BCUT2D eigenvalue weighted by Crippen LogP contribution is -2.46. The first-order chi connectivity index (χ1) is 13.6. The summed E-state index contributed by atoms with van der Waals surface area (Å²) in [4.78, 5) is 12.3. The number of methoxy groups -OCH3 is 2. The fourth-order valence-electron chi connectivity index (χ4n) is 6.08. The van der Waals surface area contributed by atoms with Gasteiger partial charge in [-0.25, -0.2) is 0 Å². The Morgan fingerprint density at radius 3 is 2.86 bits per heavy atom. The van der Waals surface area contributed by atoms with E-state index in [0.717, 1.165) is 25.0 Å². The monoisotopic (exact) mass is 385 g/mol. The number of rotatable bonds is 4. The molecule has 0 aromatic heterocycles. The van der Waals surface area contributed by atoms with Gasteiger partial charge in [-0.15, -0.1) is 0 Å². The zero-order valence-electron chi connectivity index (χ0n) is 17.0. The summed E-state index contributed by atoms with van der Waals surface area (Å²) in [5.41, 5.74) is 3.81. The minimum atomic E-state index is -0.476. The molecule has 0 bridgehead atoms. The van der Waals surface area contributed by atoms with Gasteiger partial charge in [0.1, 0.15) is 5.75 Å². The highest BCUT2D eigenvalue weighted by Gasteiger charge is 2.50. The van der Waals surface area contributed by atoms with E-state index in [-0.39, 0.29) is 18.5 Å². The fraction of sp³-hybridized carbons (Fsp3) is 0.609. The Kier molecular flexibility index (Phi) is 5.37. The maximum absolute atomic E-state index is 12.3. The molecule has 0 radical (unpaired) electrons. The molecule has 1 heterocycles. The highest BCUT2D eigenvalue weighted by molar-refractivity contribution is 5.73. The first-order valence-corrected chi connectivity index (χ1v) is 10.4.